The molecule has 2 aliphatic rings. The summed E-state index contributed by atoms with van der Waals surface area (Å²) in [5, 5.41) is 0. The third-order valence-corrected chi connectivity index (χ3v) is 7.62. The molecular formula is C29H42. The van der Waals surface area contributed by atoms with E-state index in [-0.39, 0.29) is 0 Å². The van der Waals surface area contributed by atoms with Crippen LogP contribution in [-0.4, -0.2) is 0 Å². The van der Waals surface area contributed by atoms with Gasteiger partial charge in [0, 0.05) is 5.56 Å². The Balaban J connectivity index is 1.35. The molecule has 158 valence electrons. The van der Waals surface area contributed by atoms with Crippen LogP contribution in [0, 0.1) is 35.5 Å². The summed E-state index contributed by atoms with van der Waals surface area (Å²) < 4.78 is 0. The van der Waals surface area contributed by atoms with Crippen molar-refractivity contribution in [3.05, 3.63) is 47.5 Å². The minimum Gasteiger partial charge on any atom is -0.0730 e. The Morgan fingerprint density at radius 1 is 0.828 bits per heavy atom. The van der Waals surface area contributed by atoms with Gasteiger partial charge in [-0.3, -0.25) is 0 Å². The van der Waals surface area contributed by atoms with Crippen molar-refractivity contribution in [2.45, 2.75) is 97.3 Å². The molecular weight excluding hydrogens is 348 g/mol. The maximum atomic E-state index is 3.28. The van der Waals surface area contributed by atoms with E-state index in [9.17, 15) is 0 Å². The van der Waals surface area contributed by atoms with Crippen LogP contribution in [0.15, 0.2) is 36.4 Å². The van der Waals surface area contributed by atoms with Gasteiger partial charge in [-0.15, -0.1) is 0 Å². The molecule has 0 N–H and O–H groups in total. The van der Waals surface area contributed by atoms with Crippen molar-refractivity contribution >= 4 is 0 Å². The lowest BCUT2D eigenvalue weighted by Crippen LogP contribution is -2.25. The van der Waals surface area contributed by atoms with E-state index in [0.717, 1.165) is 35.7 Å². The summed E-state index contributed by atoms with van der Waals surface area (Å²) in [5.74, 6) is 10.4. The van der Waals surface area contributed by atoms with E-state index in [0.29, 0.717) is 0 Å². The van der Waals surface area contributed by atoms with E-state index in [1.165, 1.54) is 82.6 Å². The fourth-order valence-electron chi connectivity index (χ4n) is 5.57. The van der Waals surface area contributed by atoms with Gasteiger partial charge in [0.15, 0.2) is 0 Å². The molecule has 2 fully saturated rings. The van der Waals surface area contributed by atoms with Crippen molar-refractivity contribution in [2.75, 3.05) is 0 Å². The van der Waals surface area contributed by atoms with Gasteiger partial charge in [-0.05, 0) is 92.4 Å². The van der Waals surface area contributed by atoms with Crippen molar-refractivity contribution in [3.8, 4) is 11.8 Å². The number of benzene rings is 1. The van der Waals surface area contributed by atoms with Crippen LogP contribution in [0.25, 0.3) is 0 Å². The van der Waals surface area contributed by atoms with Gasteiger partial charge in [0.25, 0.3) is 0 Å². The highest BCUT2D eigenvalue weighted by Crippen LogP contribution is 2.42. The monoisotopic (exact) mass is 390 g/mol. The van der Waals surface area contributed by atoms with Gasteiger partial charge in [-0.1, -0.05) is 82.4 Å². The average molecular weight is 391 g/mol. The normalized spacial score (nSPS) is 27.5. The number of aryl methyl sites for hydroxylation is 1. The Hall–Kier alpha value is -1.48. The van der Waals surface area contributed by atoms with Crippen LogP contribution in [0.2, 0.25) is 0 Å². The Bertz CT molecular complexity index is 652. The maximum Gasteiger partial charge on any atom is 0.0249 e. The van der Waals surface area contributed by atoms with Crippen molar-refractivity contribution in [1.82, 2.24) is 0 Å². The number of hydrogen-bond donors (Lipinski definition) is 0. The van der Waals surface area contributed by atoms with E-state index >= 15 is 0 Å². The topological polar surface area (TPSA) is 0 Å². The van der Waals surface area contributed by atoms with Crippen LogP contribution in [0.3, 0.4) is 0 Å². The SMILES string of the molecule is CCCCC[C@H]1CC[C@H]([C@H]2CC[C@H](C=CC#Cc3ccc(CC)cc3)CC2)CC1. The third-order valence-electron chi connectivity index (χ3n) is 7.62. The molecule has 2 aliphatic carbocycles. The molecule has 0 aliphatic heterocycles. The molecule has 0 heteroatoms. The predicted molar refractivity (Wildman–Crippen MR) is 127 cm³/mol. The minimum atomic E-state index is 0.758. The first-order valence-corrected chi connectivity index (χ1v) is 12.6. The smallest absolute Gasteiger partial charge is 0.0249 e. The summed E-state index contributed by atoms with van der Waals surface area (Å²) in [6.45, 7) is 4.51. The van der Waals surface area contributed by atoms with E-state index < -0.39 is 0 Å². The van der Waals surface area contributed by atoms with Crippen molar-refractivity contribution in [2.24, 2.45) is 23.7 Å². The summed E-state index contributed by atoms with van der Waals surface area (Å²) in [4.78, 5) is 0. The van der Waals surface area contributed by atoms with Gasteiger partial charge in [-0.25, -0.2) is 0 Å². The number of unbranched alkanes of at least 4 members (excludes halogenated alkanes) is 2. The molecule has 0 amide bonds. The fourth-order valence-corrected chi connectivity index (χ4v) is 5.57. The molecule has 0 atom stereocenters. The predicted octanol–water partition coefficient (Wildman–Crippen LogP) is 8.35. The van der Waals surface area contributed by atoms with Gasteiger partial charge in [0.1, 0.15) is 0 Å². The third kappa shape index (κ3) is 7.37. The second kappa shape index (κ2) is 12.3. The van der Waals surface area contributed by atoms with Crippen LogP contribution in [0.1, 0.15) is 102 Å². The van der Waals surface area contributed by atoms with Crippen molar-refractivity contribution in [3.63, 3.8) is 0 Å². The van der Waals surface area contributed by atoms with Crippen molar-refractivity contribution in [1.29, 1.82) is 0 Å². The van der Waals surface area contributed by atoms with Gasteiger partial charge < -0.3 is 0 Å². The van der Waals surface area contributed by atoms with Crippen LogP contribution >= 0.6 is 0 Å². The Kier molecular flexibility index (Phi) is 9.40. The first-order valence-electron chi connectivity index (χ1n) is 12.6. The van der Waals surface area contributed by atoms with E-state index in [1.54, 1.807) is 0 Å². The van der Waals surface area contributed by atoms with Crippen LogP contribution in [0.4, 0.5) is 0 Å². The molecule has 0 heterocycles. The fraction of sp³-hybridized carbons (Fsp3) is 0.655. The molecule has 2 saturated carbocycles. The summed E-state index contributed by atoms with van der Waals surface area (Å²) >= 11 is 0. The molecule has 3 rings (SSSR count). The first kappa shape index (κ1) is 22.2. The summed E-state index contributed by atoms with van der Waals surface area (Å²) in [6, 6.07) is 8.66. The summed E-state index contributed by atoms with van der Waals surface area (Å²) in [6.07, 6.45) is 23.1. The molecule has 29 heavy (non-hydrogen) atoms. The molecule has 0 radical (unpaired) electrons. The molecule has 0 aromatic heterocycles. The molecule has 0 bridgehead atoms. The van der Waals surface area contributed by atoms with Gasteiger partial charge in [-0.2, -0.15) is 0 Å². The van der Waals surface area contributed by atoms with E-state index in [2.05, 4.69) is 62.1 Å². The number of rotatable bonds is 7. The van der Waals surface area contributed by atoms with Crippen LogP contribution in [0.5, 0.6) is 0 Å². The van der Waals surface area contributed by atoms with Gasteiger partial charge in [0.2, 0.25) is 0 Å². The highest BCUT2D eigenvalue weighted by Gasteiger charge is 2.30. The van der Waals surface area contributed by atoms with Gasteiger partial charge in [0.05, 0.1) is 0 Å². The van der Waals surface area contributed by atoms with Gasteiger partial charge >= 0.3 is 0 Å². The Morgan fingerprint density at radius 3 is 2.10 bits per heavy atom. The maximum absolute atomic E-state index is 3.28. The largest absolute Gasteiger partial charge is 0.0730 e. The lowest BCUT2D eigenvalue weighted by Gasteiger charge is -2.37. The van der Waals surface area contributed by atoms with Crippen LogP contribution < -0.4 is 0 Å². The second-order valence-electron chi connectivity index (χ2n) is 9.63. The molecule has 0 nitrogen and oxygen atoms in total. The second-order valence-corrected chi connectivity index (χ2v) is 9.63. The van der Waals surface area contributed by atoms with Crippen molar-refractivity contribution < 1.29 is 0 Å². The lowest BCUT2D eigenvalue weighted by molar-refractivity contribution is 0.151. The Morgan fingerprint density at radius 2 is 1.48 bits per heavy atom. The average Bonchev–Trinajstić information content (AvgIpc) is 2.78. The summed E-state index contributed by atoms with van der Waals surface area (Å²) in [7, 11) is 0. The molecule has 0 spiro atoms. The molecule has 0 unspecified atom stereocenters. The highest BCUT2D eigenvalue weighted by molar-refractivity contribution is 5.38. The number of hydrogen-bond acceptors (Lipinski definition) is 0. The quantitative estimate of drug-likeness (QED) is 0.324. The first-order chi connectivity index (χ1) is 14.3. The van der Waals surface area contributed by atoms with E-state index in [1.807, 2.05) is 0 Å². The molecule has 1 aromatic carbocycles. The van der Waals surface area contributed by atoms with Crippen LogP contribution in [-0.2, 0) is 6.42 Å². The zero-order chi connectivity index (χ0) is 20.3. The minimum absolute atomic E-state index is 0.758. The van der Waals surface area contributed by atoms with E-state index in [4.69, 9.17) is 0 Å². The standard InChI is InChI=1S/C29H42/c1-3-5-6-9-26-16-20-28(21-17-26)29-22-18-27(19-23-29)11-8-7-10-25-14-12-24(4-2)13-15-25/h8,11-15,26-29H,3-6,9,16-23H2,1-2H3/t26-,27-,28-,29-. The summed E-state index contributed by atoms with van der Waals surface area (Å²) in [5.41, 5.74) is 2.51. The zero-order valence-corrected chi connectivity index (χ0v) is 19.0. The molecule has 0 saturated heterocycles. The number of allylic oxidation sites excluding steroid dienone is 2. The molecule has 1 aromatic rings. The lowest BCUT2D eigenvalue weighted by atomic mass is 9.68. The highest BCUT2D eigenvalue weighted by atomic mass is 14.4. The zero-order valence-electron chi connectivity index (χ0n) is 19.0. The Labute approximate surface area is 180 Å².